The van der Waals surface area contributed by atoms with Crippen LogP contribution in [0.2, 0.25) is 0 Å². The number of rotatable bonds is 87. The summed E-state index contributed by atoms with van der Waals surface area (Å²) in [6, 6.07) is 0. The van der Waals surface area contributed by atoms with Crippen LogP contribution in [0.1, 0.15) is 493 Å². The van der Waals surface area contributed by atoms with Crippen LogP contribution in [0.4, 0.5) is 0 Å². The second-order valence-corrected chi connectivity index (χ2v) is 37.6. The van der Waals surface area contributed by atoms with Crippen LogP contribution >= 0.6 is 0 Å². The summed E-state index contributed by atoms with van der Waals surface area (Å²) in [5.74, 6) is 2.39. The fourth-order valence-electron chi connectivity index (χ4n) is 18.7. The molecule has 7 unspecified atom stereocenters. The van der Waals surface area contributed by atoms with Crippen LogP contribution in [-0.4, -0.2) is 150 Å². The molecular formula is C103H196N2O13. The Morgan fingerprint density at radius 1 is 0.331 bits per heavy atom. The zero-order valence-electron chi connectivity index (χ0n) is 79.5. The second kappa shape index (κ2) is 77.0. The Bertz CT molecular complexity index is 2250. The van der Waals surface area contributed by atoms with Gasteiger partial charge in [0, 0.05) is 77.5 Å². The van der Waals surface area contributed by atoms with Crippen LogP contribution in [0.15, 0.2) is 0 Å². The number of ether oxygens (including phenoxy) is 9. The van der Waals surface area contributed by atoms with E-state index in [1.807, 2.05) is 0 Å². The number of unbranched alkanes of at least 4 members (excludes halogenated alkanes) is 32. The zero-order chi connectivity index (χ0) is 85.1. The molecule has 118 heavy (non-hydrogen) atoms. The summed E-state index contributed by atoms with van der Waals surface area (Å²) >= 11 is 0. The molecular weight excluding hydrogens is 1470 g/mol. The maximum absolute atomic E-state index is 13.0. The molecule has 15 heteroatoms. The van der Waals surface area contributed by atoms with Crippen molar-refractivity contribution in [3.05, 3.63) is 0 Å². The molecule has 0 bridgehead atoms. The van der Waals surface area contributed by atoms with Crippen LogP contribution in [0, 0.1) is 29.6 Å². The molecule has 0 N–H and O–H groups in total. The highest BCUT2D eigenvalue weighted by Gasteiger charge is 2.42. The van der Waals surface area contributed by atoms with E-state index < -0.39 is 11.6 Å². The average Bonchev–Trinajstić information content (AvgIpc) is 1.69. The van der Waals surface area contributed by atoms with E-state index >= 15 is 0 Å². The number of morpholine rings is 1. The van der Waals surface area contributed by atoms with Gasteiger partial charge in [0.25, 0.3) is 0 Å². The third kappa shape index (κ3) is 60.3. The molecule has 696 valence electrons. The minimum absolute atomic E-state index is 0.0113. The lowest BCUT2D eigenvalue weighted by molar-refractivity contribution is -0.181. The Hall–Kier alpha value is -2.40. The van der Waals surface area contributed by atoms with E-state index in [1.54, 1.807) is 0 Å². The Morgan fingerprint density at radius 3 is 0.949 bits per heavy atom. The highest BCUT2D eigenvalue weighted by molar-refractivity contribution is 5.70. The topological polar surface area (TPSA) is 158 Å². The summed E-state index contributed by atoms with van der Waals surface area (Å²) in [6.45, 7) is 31.9. The zero-order valence-corrected chi connectivity index (χ0v) is 79.5. The summed E-state index contributed by atoms with van der Waals surface area (Å²) in [5.41, 5.74) is 0. The summed E-state index contributed by atoms with van der Waals surface area (Å²) < 4.78 is 55.7. The van der Waals surface area contributed by atoms with Crippen molar-refractivity contribution < 1.29 is 61.8 Å². The maximum atomic E-state index is 13.0. The molecule has 0 spiro atoms. The van der Waals surface area contributed by atoms with Crippen LogP contribution in [-0.2, 0) is 61.8 Å². The van der Waals surface area contributed by atoms with Crippen LogP contribution in [0.25, 0.3) is 0 Å². The molecule has 0 radical (unpaired) electrons. The van der Waals surface area contributed by atoms with E-state index in [0.717, 1.165) is 225 Å². The number of esters is 4. The monoisotopic (exact) mass is 1670 g/mol. The number of carbonyl (C=O) groups is 4. The van der Waals surface area contributed by atoms with Gasteiger partial charge in [0.1, 0.15) is 0 Å². The summed E-state index contributed by atoms with van der Waals surface area (Å²) in [5, 5.41) is 0. The van der Waals surface area contributed by atoms with Gasteiger partial charge < -0.3 is 47.5 Å². The fourth-order valence-corrected chi connectivity index (χ4v) is 18.7. The first kappa shape index (κ1) is 110. The third-order valence-electron chi connectivity index (χ3n) is 26.9. The lowest BCUT2D eigenvalue weighted by Gasteiger charge is -2.30. The van der Waals surface area contributed by atoms with Gasteiger partial charge in [-0.3, -0.25) is 24.1 Å². The molecule has 0 aromatic rings. The van der Waals surface area contributed by atoms with Crippen molar-refractivity contribution in [2.45, 2.75) is 516 Å². The van der Waals surface area contributed by atoms with Gasteiger partial charge in [0.05, 0.1) is 65.1 Å². The van der Waals surface area contributed by atoms with E-state index in [1.165, 1.54) is 238 Å². The second-order valence-electron chi connectivity index (χ2n) is 37.6. The van der Waals surface area contributed by atoms with E-state index in [-0.39, 0.29) is 36.1 Å². The number of likely N-dealkylation sites (N-methyl/N-ethyl adjacent to an activating group) is 1. The Kier molecular flexibility index (Phi) is 71.6. The van der Waals surface area contributed by atoms with Gasteiger partial charge in [-0.2, -0.15) is 0 Å². The van der Waals surface area contributed by atoms with Crippen LogP contribution < -0.4 is 0 Å². The molecule has 3 rings (SSSR count). The van der Waals surface area contributed by atoms with Gasteiger partial charge >= 0.3 is 23.9 Å². The van der Waals surface area contributed by atoms with Crippen LogP contribution in [0.3, 0.4) is 0 Å². The predicted octanol–water partition coefficient (Wildman–Crippen LogP) is 28.4. The van der Waals surface area contributed by atoms with Gasteiger partial charge in [-0.15, -0.1) is 0 Å². The van der Waals surface area contributed by atoms with Crippen molar-refractivity contribution >= 4 is 23.9 Å². The van der Waals surface area contributed by atoms with Crippen LogP contribution in [0.5, 0.6) is 0 Å². The quantitative estimate of drug-likeness (QED) is 0.0321. The van der Waals surface area contributed by atoms with Gasteiger partial charge in [-0.1, -0.05) is 358 Å². The predicted molar refractivity (Wildman–Crippen MR) is 493 cm³/mol. The smallest absolute Gasteiger partial charge is 0.305 e. The molecule has 3 aliphatic rings. The first-order chi connectivity index (χ1) is 57.8. The average molecular weight is 1670 g/mol. The van der Waals surface area contributed by atoms with E-state index in [2.05, 4.69) is 72.1 Å². The number of nitrogens with zero attached hydrogens (tertiary/aromatic N) is 2. The Labute approximate surface area is 729 Å². The van der Waals surface area contributed by atoms with E-state index in [4.69, 9.17) is 42.6 Å². The third-order valence-corrected chi connectivity index (χ3v) is 26.9. The SMILES string of the molecule is CCCCCC(CCCCC)CCOC(=O)CCCCCCCCC1(CCCCCCCCC(=O)OCCC(CCCCC)CCCC(C)CCCCC(CCCC)CCOC(=O)CCCCCCCCCC2(CCCCCCCCCC(=O)OCCC(CCCC)CCCC)OCC(CCN3CCOCC3)O2)OCC(CN(CC)CC)O1. The molecule has 0 saturated carbocycles. The lowest BCUT2D eigenvalue weighted by Crippen LogP contribution is -2.38. The molecule has 0 aromatic heterocycles. The number of hydrogen-bond acceptors (Lipinski definition) is 15. The highest BCUT2D eigenvalue weighted by Crippen LogP contribution is 2.38. The molecule has 3 aliphatic heterocycles. The van der Waals surface area contributed by atoms with Crippen molar-refractivity contribution in [2.24, 2.45) is 29.6 Å². The first-order valence-corrected chi connectivity index (χ1v) is 52.0. The summed E-state index contributed by atoms with van der Waals surface area (Å²) in [4.78, 5) is 55.9. The van der Waals surface area contributed by atoms with Gasteiger partial charge in [-0.25, -0.2) is 0 Å². The molecule has 3 heterocycles. The fraction of sp³-hybridized carbons (Fsp3) is 0.961. The molecule has 7 atom stereocenters. The molecule has 0 aromatic carbocycles. The van der Waals surface area contributed by atoms with Gasteiger partial charge in [0.15, 0.2) is 11.6 Å². The number of hydrogen-bond donors (Lipinski definition) is 0. The van der Waals surface area contributed by atoms with Crippen molar-refractivity contribution in [2.75, 3.05) is 92.1 Å². The standard InChI is InChI=1S/C103H196N2O13/c1-10-18-42-61-94(62-43-19-11-2)73-84-113-100(108)68-47-36-28-32-40-53-77-103(116-90-97(118-103)88-104(16-7)17-8)78-54-41-33-29-37-48-69-101(109)114-85-74-95(63-44-20-12-3)65-55-57-91(9)56-49-50-64-93(60-23-15-6)72-83-112-99(107)67-46-35-27-25-31-39-52-76-102(115-89-96(117-102)70-79-105-80-86-110-87-81-105)75-51-38-30-24-26-34-45-66-98(106)111-82-71-92(58-21-13-4)59-22-14-5/h91-97H,10-90H2,1-9H3. The highest BCUT2D eigenvalue weighted by atomic mass is 16.8. The largest absolute Gasteiger partial charge is 0.466 e. The minimum Gasteiger partial charge on any atom is -0.466 e. The van der Waals surface area contributed by atoms with Gasteiger partial charge in [-0.05, 0) is 126 Å². The molecule has 3 saturated heterocycles. The maximum Gasteiger partial charge on any atom is 0.305 e. The molecule has 3 fully saturated rings. The Morgan fingerprint density at radius 2 is 0.610 bits per heavy atom. The van der Waals surface area contributed by atoms with Crippen molar-refractivity contribution in [1.29, 1.82) is 0 Å². The van der Waals surface area contributed by atoms with Gasteiger partial charge in [0.2, 0.25) is 0 Å². The summed E-state index contributed by atoms with van der Waals surface area (Å²) in [7, 11) is 0. The van der Waals surface area contributed by atoms with E-state index in [9.17, 15) is 19.2 Å². The molecule has 0 aliphatic carbocycles. The normalized spacial score (nSPS) is 18.6. The molecule has 15 nitrogen and oxygen atoms in total. The van der Waals surface area contributed by atoms with Crippen molar-refractivity contribution in [3.8, 4) is 0 Å². The first-order valence-electron chi connectivity index (χ1n) is 52.0. The van der Waals surface area contributed by atoms with Crippen molar-refractivity contribution in [1.82, 2.24) is 9.80 Å². The van der Waals surface area contributed by atoms with E-state index in [0.29, 0.717) is 89.0 Å². The minimum atomic E-state index is -0.474. The number of carbonyl (C=O) groups excluding carboxylic acids is 4. The molecule has 0 amide bonds. The Balaban J connectivity index is 1.23. The lowest BCUT2D eigenvalue weighted by atomic mass is 9.88. The van der Waals surface area contributed by atoms with Crippen molar-refractivity contribution in [3.63, 3.8) is 0 Å². The summed E-state index contributed by atoms with van der Waals surface area (Å²) in [6.07, 6.45) is 75.6.